The molecule has 242 valence electrons. The van der Waals surface area contributed by atoms with Gasteiger partial charge in [0.15, 0.2) is 22.9 Å². The summed E-state index contributed by atoms with van der Waals surface area (Å²) in [6.45, 7) is 7.53. The number of ether oxygens (including phenoxy) is 2. The maximum Gasteiger partial charge on any atom is 0.271 e. The Morgan fingerprint density at radius 3 is 2.43 bits per heavy atom. The number of carbonyl (C=O) groups excluding carboxylic acids is 2. The van der Waals surface area contributed by atoms with Crippen LogP contribution in [0.5, 0.6) is 11.5 Å². The first kappa shape index (κ1) is 32.0. The molecule has 0 unspecified atom stereocenters. The van der Waals surface area contributed by atoms with E-state index < -0.39 is 6.04 Å². The molecule has 3 aromatic carbocycles. The third-order valence-electron chi connectivity index (χ3n) is 8.51. The van der Waals surface area contributed by atoms with E-state index >= 15 is 0 Å². The standard InChI is InChI=1S/C37H38N4O5S/c1-23(2)26-13-15-27(16-14-26)34-33(35(43)39-28-10-6-5-7-11-28)24(3)38-37-41(34)36(44)31(47-37)21-25-12-17-29(30(20-25)45-4)46-22-32(42)40-18-8-9-19-40/h5-7,10-17,20-21,23,34H,8-9,18-19,22H2,1-4H3,(H,39,43)/b31-21+/t34-/m1/s1. The Labute approximate surface area is 277 Å². The smallest absolute Gasteiger partial charge is 0.271 e. The van der Waals surface area contributed by atoms with Gasteiger partial charge < -0.3 is 19.7 Å². The maximum absolute atomic E-state index is 14.2. The average Bonchev–Trinajstić information content (AvgIpc) is 3.72. The minimum Gasteiger partial charge on any atom is -0.493 e. The number of thiazole rings is 1. The van der Waals surface area contributed by atoms with Crippen LogP contribution in [0, 0.1) is 0 Å². The summed E-state index contributed by atoms with van der Waals surface area (Å²) in [6.07, 6.45) is 3.82. The molecule has 1 fully saturated rings. The van der Waals surface area contributed by atoms with Gasteiger partial charge in [-0.3, -0.25) is 19.0 Å². The van der Waals surface area contributed by atoms with E-state index in [0.29, 0.717) is 43.7 Å². The molecule has 10 heteroatoms. The van der Waals surface area contributed by atoms with Crippen LogP contribution < -0.4 is 29.7 Å². The van der Waals surface area contributed by atoms with E-state index in [9.17, 15) is 14.4 Å². The number of rotatable bonds is 9. The van der Waals surface area contributed by atoms with Gasteiger partial charge in [-0.15, -0.1) is 0 Å². The highest BCUT2D eigenvalue weighted by atomic mass is 32.1. The molecule has 1 aromatic heterocycles. The Bertz CT molecular complexity index is 2010. The fraction of sp³-hybridized carbons (Fsp3) is 0.297. The summed E-state index contributed by atoms with van der Waals surface area (Å²) in [7, 11) is 1.54. The van der Waals surface area contributed by atoms with Crippen LogP contribution in [0.1, 0.15) is 62.3 Å². The van der Waals surface area contributed by atoms with Crippen molar-refractivity contribution in [3.8, 4) is 11.5 Å². The van der Waals surface area contributed by atoms with Crippen molar-refractivity contribution < 1.29 is 19.1 Å². The third-order valence-corrected chi connectivity index (χ3v) is 9.50. The number of carbonyl (C=O) groups is 2. The summed E-state index contributed by atoms with van der Waals surface area (Å²) in [6, 6.07) is 22.0. The van der Waals surface area contributed by atoms with Crippen LogP contribution in [0.4, 0.5) is 5.69 Å². The number of allylic oxidation sites excluding steroid dienone is 1. The molecular formula is C37H38N4O5S. The zero-order valence-electron chi connectivity index (χ0n) is 27.0. The third kappa shape index (κ3) is 6.78. The number of para-hydroxylation sites is 1. The topological polar surface area (TPSA) is 102 Å². The molecule has 0 spiro atoms. The van der Waals surface area contributed by atoms with Crippen molar-refractivity contribution in [3.05, 3.63) is 120 Å². The average molecular weight is 651 g/mol. The van der Waals surface area contributed by atoms with E-state index in [1.54, 1.807) is 22.8 Å². The number of hydrogen-bond acceptors (Lipinski definition) is 7. The molecular weight excluding hydrogens is 612 g/mol. The van der Waals surface area contributed by atoms with Crippen LogP contribution in [0.2, 0.25) is 0 Å². The second kappa shape index (κ2) is 13.8. The van der Waals surface area contributed by atoms with E-state index in [2.05, 4.69) is 19.2 Å². The number of fused-ring (bicyclic) bond motifs is 1. The number of amides is 2. The van der Waals surface area contributed by atoms with Gasteiger partial charge in [0.05, 0.1) is 29.0 Å². The van der Waals surface area contributed by atoms with Gasteiger partial charge in [0.2, 0.25) is 0 Å². The summed E-state index contributed by atoms with van der Waals surface area (Å²) in [5, 5.41) is 2.99. The fourth-order valence-electron chi connectivity index (χ4n) is 5.95. The summed E-state index contributed by atoms with van der Waals surface area (Å²) >= 11 is 1.27. The molecule has 2 aliphatic rings. The van der Waals surface area contributed by atoms with E-state index in [0.717, 1.165) is 37.1 Å². The van der Waals surface area contributed by atoms with E-state index in [-0.39, 0.29) is 24.0 Å². The SMILES string of the molecule is COc1cc(/C=c2/sc3n(c2=O)[C@H](c2ccc(C(C)C)cc2)C(C(=O)Nc2ccccc2)=C(C)N=3)ccc1OCC(=O)N1CCCC1. The molecule has 3 heterocycles. The van der Waals surface area contributed by atoms with Crippen molar-refractivity contribution in [3.63, 3.8) is 0 Å². The Balaban J connectivity index is 1.36. The molecule has 2 aliphatic heterocycles. The number of hydrogen-bond donors (Lipinski definition) is 1. The van der Waals surface area contributed by atoms with Gasteiger partial charge in [0, 0.05) is 18.8 Å². The second-order valence-electron chi connectivity index (χ2n) is 12.0. The van der Waals surface area contributed by atoms with Crippen molar-refractivity contribution >= 4 is 34.9 Å². The second-order valence-corrected chi connectivity index (χ2v) is 13.0. The van der Waals surface area contributed by atoms with Crippen LogP contribution in [-0.2, 0) is 9.59 Å². The van der Waals surface area contributed by atoms with E-state index in [1.807, 2.05) is 72.5 Å². The molecule has 0 saturated carbocycles. The Morgan fingerprint density at radius 2 is 1.74 bits per heavy atom. The summed E-state index contributed by atoms with van der Waals surface area (Å²) < 4.78 is 13.5. The number of aromatic nitrogens is 1. The number of methoxy groups -OCH3 is 1. The summed E-state index contributed by atoms with van der Waals surface area (Å²) in [5.74, 6) is 0.889. The molecule has 0 radical (unpaired) electrons. The lowest BCUT2D eigenvalue weighted by molar-refractivity contribution is -0.132. The number of anilines is 1. The van der Waals surface area contributed by atoms with Crippen LogP contribution in [0.3, 0.4) is 0 Å². The maximum atomic E-state index is 14.2. The van der Waals surface area contributed by atoms with Crippen LogP contribution in [0.15, 0.2) is 93.9 Å². The van der Waals surface area contributed by atoms with Crippen LogP contribution in [-0.4, -0.2) is 48.1 Å². The molecule has 1 saturated heterocycles. The Kier molecular flexibility index (Phi) is 9.40. The van der Waals surface area contributed by atoms with Gasteiger partial charge >= 0.3 is 0 Å². The highest BCUT2D eigenvalue weighted by molar-refractivity contribution is 7.07. The summed E-state index contributed by atoms with van der Waals surface area (Å²) in [5.41, 5.74) is 4.08. The molecule has 47 heavy (non-hydrogen) atoms. The summed E-state index contributed by atoms with van der Waals surface area (Å²) in [4.78, 5) is 47.6. The Morgan fingerprint density at radius 1 is 1.02 bits per heavy atom. The van der Waals surface area contributed by atoms with E-state index in [4.69, 9.17) is 14.5 Å². The lowest BCUT2D eigenvalue weighted by Gasteiger charge is -2.25. The van der Waals surface area contributed by atoms with Crippen LogP contribution in [0.25, 0.3) is 6.08 Å². The molecule has 6 rings (SSSR count). The number of nitrogens with zero attached hydrogens (tertiary/aromatic N) is 3. The van der Waals surface area contributed by atoms with Crippen molar-refractivity contribution in [1.29, 1.82) is 0 Å². The minimum atomic E-state index is -0.670. The first-order valence-electron chi connectivity index (χ1n) is 15.8. The van der Waals surface area contributed by atoms with E-state index in [1.165, 1.54) is 24.0 Å². The zero-order valence-corrected chi connectivity index (χ0v) is 27.8. The zero-order chi connectivity index (χ0) is 33.1. The van der Waals surface area contributed by atoms with Crippen molar-refractivity contribution in [2.24, 2.45) is 4.99 Å². The van der Waals surface area contributed by atoms with Gasteiger partial charge in [-0.2, -0.15) is 0 Å². The Hall–Kier alpha value is -4.96. The number of nitrogens with one attached hydrogen (secondary N) is 1. The molecule has 1 N–H and O–H groups in total. The molecule has 0 aliphatic carbocycles. The van der Waals surface area contributed by atoms with Gasteiger partial charge in [0.1, 0.15) is 0 Å². The highest BCUT2D eigenvalue weighted by Gasteiger charge is 2.32. The van der Waals surface area contributed by atoms with Crippen molar-refractivity contribution in [2.75, 3.05) is 32.1 Å². The highest BCUT2D eigenvalue weighted by Crippen LogP contribution is 2.32. The van der Waals surface area contributed by atoms with Crippen molar-refractivity contribution in [1.82, 2.24) is 9.47 Å². The lowest BCUT2D eigenvalue weighted by atomic mass is 9.93. The van der Waals surface area contributed by atoms with Gasteiger partial charge in [-0.05, 0) is 72.7 Å². The quantitative estimate of drug-likeness (QED) is 0.275. The normalized spacial score (nSPS) is 16.2. The molecule has 4 aromatic rings. The number of likely N-dealkylation sites (tertiary alicyclic amines) is 1. The van der Waals surface area contributed by atoms with Gasteiger partial charge in [0.25, 0.3) is 17.4 Å². The largest absolute Gasteiger partial charge is 0.493 e. The lowest BCUT2D eigenvalue weighted by Crippen LogP contribution is -2.40. The molecule has 1 atom stereocenters. The van der Waals surface area contributed by atoms with Crippen molar-refractivity contribution in [2.45, 2.75) is 45.6 Å². The predicted molar refractivity (Wildman–Crippen MR) is 184 cm³/mol. The predicted octanol–water partition coefficient (Wildman–Crippen LogP) is 5.01. The first-order chi connectivity index (χ1) is 22.7. The monoisotopic (exact) mass is 650 g/mol. The molecule has 9 nitrogen and oxygen atoms in total. The number of benzene rings is 3. The van der Waals surface area contributed by atoms with Gasteiger partial charge in [-0.25, -0.2) is 4.99 Å². The molecule has 0 bridgehead atoms. The van der Waals surface area contributed by atoms with Crippen LogP contribution >= 0.6 is 11.3 Å². The van der Waals surface area contributed by atoms with Gasteiger partial charge in [-0.1, -0.05) is 73.7 Å². The minimum absolute atomic E-state index is 0.0461. The first-order valence-corrected chi connectivity index (χ1v) is 16.6. The molecule has 2 amide bonds. The fourth-order valence-corrected chi connectivity index (χ4v) is 7.00.